The summed E-state index contributed by atoms with van der Waals surface area (Å²) in [5.74, 6) is 0.314. The van der Waals surface area contributed by atoms with Crippen molar-refractivity contribution < 1.29 is 14.3 Å². The summed E-state index contributed by atoms with van der Waals surface area (Å²) in [6, 6.07) is 16.7. The van der Waals surface area contributed by atoms with Gasteiger partial charge in [0.15, 0.2) is 6.61 Å². The van der Waals surface area contributed by atoms with Gasteiger partial charge in [0.2, 0.25) is 5.91 Å². The van der Waals surface area contributed by atoms with Crippen molar-refractivity contribution in [2.75, 3.05) is 13.2 Å². The fraction of sp³-hybridized carbons (Fsp3) is 0.391. The molecule has 2 aromatic carbocycles. The smallest absolute Gasteiger partial charge is 0.261 e. The standard InChI is InChI=1S/C23H30N2O3/c1-4-15-24-23(27)21(5-2)25(16-19-9-7-6-8-10-19)22(26)17-28-20-13-11-18(3)12-14-20/h6-14,21H,4-5,15-17H2,1-3H3,(H,24,27)/t21-/m1/s1. The third-order valence-electron chi connectivity index (χ3n) is 4.51. The van der Waals surface area contributed by atoms with Crippen molar-refractivity contribution in [1.82, 2.24) is 10.2 Å². The number of hydrogen-bond donors (Lipinski definition) is 1. The Labute approximate surface area is 167 Å². The quantitative estimate of drug-likeness (QED) is 0.681. The highest BCUT2D eigenvalue weighted by atomic mass is 16.5. The highest BCUT2D eigenvalue weighted by Gasteiger charge is 2.28. The lowest BCUT2D eigenvalue weighted by molar-refractivity contribution is -0.143. The van der Waals surface area contributed by atoms with Gasteiger partial charge in [-0.1, -0.05) is 61.9 Å². The van der Waals surface area contributed by atoms with E-state index in [9.17, 15) is 9.59 Å². The average molecular weight is 383 g/mol. The van der Waals surface area contributed by atoms with Crippen LogP contribution in [-0.4, -0.2) is 35.9 Å². The predicted octanol–water partition coefficient (Wildman–Crippen LogP) is 3.71. The van der Waals surface area contributed by atoms with E-state index in [0.717, 1.165) is 17.5 Å². The van der Waals surface area contributed by atoms with Crippen molar-refractivity contribution in [3.05, 3.63) is 65.7 Å². The first kappa shape index (κ1) is 21.5. The van der Waals surface area contributed by atoms with E-state index in [-0.39, 0.29) is 18.4 Å². The summed E-state index contributed by atoms with van der Waals surface area (Å²) in [6.07, 6.45) is 1.39. The highest BCUT2D eigenvalue weighted by Crippen LogP contribution is 2.15. The van der Waals surface area contributed by atoms with Gasteiger partial charge in [-0.15, -0.1) is 0 Å². The minimum atomic E-state index is -0.527. The van der Waals surface area contributed by atoms with Crippen LogP contribution in [0.3, 0.4) is 0 Å². The zero-order valence-corrected chi connectivity index (χ0v) is 17.0. The molecule has 1 N–H and O–H groups in total. The highest BCUT2D eigenvalue weighted by molar-refractivity contribution is 5.88. The molecule has 1 atom stereocenters. The summed E-state index contributed by atoms with van der Waals surface area (Å²) in [5.41, 5.74) is 2.11. The summed E-state index contributed by atoms with van der Waals surface area (Å²) >= 11 is 0. The first-order valence-electron chi connectivity index (χ1n) is 9.85. The van der Waals surface area contributed by atoms with Crippen LogP contribution in [0.25, 0.3) is 0 Å². The van der Waals surface area contributed by atoms with Crippen LogP contribution in [0.15, 0.2) is 54.6 Å². The van der Waals surface area contributed by atoms with Crippen molar-refractivity contribution in [1.29, 1.82) is 0 Å². The van der Waals surface area contributed by atoms with Gasteiger partial charge in [-0.2, -0.15) is 0 Å². The molecule has 150 valence electrons. The second-order valence-corrected chi connectivity index (χ2v) is 6.82. The topological polar surface area (TPSA) is 58.6 Å². The van der Waals surface area contributed by atoms with Crippen LogP contribution in [0.4, 0.5) is 0 Å². The van der Waals surface area contributed by atoms with Crippen LogP contribution in [0.2, 0.25) is 0 Å². The molecule has 5 heteroatoms. The van der Waals surface area contributed by atoms with E-state index in [2.05, 4.69) is 5.32 Å². The maximum Gasteiger partial charge on any atom is 0.261 e. The first-order valence-corrected chi connectivity index (χ1v) is 9.85. The van der Waals surface area contributed by atoms with Gasteiger partial charge < -0.3 is 15.0 Å². The minimum absolute atomic E-state index is 0.104. The van der Waals surface area contributed by atoms with Gasteiger partial charge in [0.25, 0.3) is 5.91 Å². The molecule has 28 heavy (non-hydrogen) atoms. The number of nitrogens with zero attached hydrogens (tertiary/aromatic N) is 1. The number of ether oxygens (including phenoxy) is 1. The van der Waals surface area contributed by atoms with Crippen LogP contribution in [0.1, 0.15) is 37.8 Å². The van der Waals surface area contributed by atoms with Crippen molar-refractivity contribution in [3.8, 4) is 5.75 Å². The molecule has 0 fully saturated rings. The molecular weight excluding hydrogens is 352 g/mol. The monoisotopic (exact) mass is 382 g/mol. The van der Waals surface area contributed by atoms with Gasteiger partial charge in [-0.25, -0.2) is 0 Å². The summed E-state index contributed by atoms with van der Waals surface area (Å²) in [6.45, 7) is 6.79. The first-order chi connectivity index (χ1) is 13.5. The van der Waals surface area contributed by atoms with Crippen LogP contribution in [-0.2, 0) is 16.1 Å². The van der Waals surface area contributed by atoms with Gasteiger partial charge in [0.1, 0.15) is 11.8 Å². The summed E-state index contributed by atoms with van der Waals surface area (Å²) < 4.78 is 5.67. The fourth-order valence-electron chi connectivity index (χ4n) is 2.93. The SMILES string of the molecule is CCCNC(=O)[C@@H](CC)N(Cc1ccccc1)C(=O)COc1ccc(C)cc1. The molecule has 2 amide bonds. The molecule has 0 radical (unpaired) electrons. The Bertz CT molecular complexity index is 744. The number of carbonyl (C=O) groups excluding carboxylic acids is 2. The third-order valence-corrected chi connectivity index (χ3v) is 4.51. The second kappa shape index (κ2) is 11.1. The Hall–Kier alpha value is -2.82. The molecule has 0 aromatic heterocycles. The Morgan fingerprint density at radius 3 is 2.32 bits per heavy atom. The molecule has 5 nitrogen and oxygen atoms in total. The Morgan fingerprint density at radius 2 is 1.71 bits per heavy atom. The summed E-state index contributed by atoms with van der Waals surface area (Å²) in [4.78, 5) is 27.2. The second-order valence-electron chi connectivity index (χ2n) is 6.82. The average Bonchev–Trinajstić information content (AvgIpc) is 2.72. The number of hydrogen-bond acceptors (Lipinski definition) is 3. The van der Waals surface area contributed by atoms with Crippen molar-refractivity contribution in [2.45, 2.75) is 46.2 Å². The van der Waals surface area contributed by atoms with Gasteiger partial charge in [0, 0.05) is 13.1 Å². The van der Waals surface area contributed by atoms with Crippen molar-refractivity contribution >= 4 is 11.8 Å². The Balaban J connectivity index is 2.14. The van der Waals surface area contributed by atoms with Crippen LogP contribution >= 0.6 is 0 Å². The minimum Gasteiger partial charge on any atom is -0.484 e. The zero-order valence-electron chi connectivity index (χ0n) is 17.0. The maximum atomic E-state index is 13.0. The molecule has 0 heterocycles. The van der Waals surface area contributed by atoms with Gasteiger partial charge >= 0.3 is 0 Å². The molecule has 2 rings (SSSR count). The number of rotatable bonds is 10. The lowest BCUT2D eigenvalue weighted by Crippen LogP contribution is -2.50. The van der Waals surface area contributed by atoms with Gasteiger partial charge in [-0.3, -0.25) is 9.59 Å². The molecule has 0 aliphatic heterocycles. The number of aryl methyl sites for hydroxylation is 1. The molecule has 0 aliphatic rings. The number of benzene rings is 2. The van der Waals surface area contributed by atoms with E-state index in [1.807, 2.05) is 75.4 Å². The Kier molecular flexibility index (Phi) is 8.53. The van der Waals surface area contributed by atoms with E-state index in [0.29, 0.717) is 25.3 Å². The molecular formula is C23H30N2O3. The lowest BCUT2D eigenvalue weighted by Gasteiger charge is -2.30. The molecule has 0 aliphatic carbocycles. The predicted molar refractivity (Wildman–Crippen MR) is 111 cm³/mol. The molecule has 0 saturated carbocycles. The maximum absolute atomic E-state index is 13.0. The Morgan fingerprint density at radius 1 is 1.04 bits per heavy atom. The number of nitrogens with one attached hydrogen (secondary N) is 1. The molecule has 0 saturated heterocycles. The van der Waals surface area contributed by atoms with E-state index in [1.54, 1.807) is 4.90 Å². The van der Waals surface area contributed by atoms with Crippen molar-refractivity contribution in [3.63, 3.8) is 0 Å². The van der Waals surface area contributed by atoms with Gasteiger partial charge in [0.05, 0.1) is 0 Å². The fourth-order valence-corrected chi connectivity index (χ4v) is 2.93. The van der Waals surface area contributed by atoms with Crippen molar-refractivity contribution in [2.24, 2.45) is 0 Å². The van der Waals surface area contributed by atoms with Gasteiger partial charge in [-0.05, 0) is 37.5 Å². The van der Waals surface area contributed by atoms with Crippen LogP contribution in [0.5, 0.6) is 5.75 Å². The molecule has 0 spiro atoms. The van der Waals surface area contributed by atoms with E-state index < -0.39 is 6.04 Å². The van der Waals surface area contributed by atoms with Crippen LogP contribution < -0.4 is 10.1 Å². The summed E-state index contributed by atoms with van der Waals surface area (Å²) in [5, 5.41) is 2.91. The number of carbonyl (C=O) groups is 2. The zero-order chi connectivity index (χ0) is 20.4. The largest absolute Gasteiger partial charge is 0.484 e. The third kappa shape index (κ3) is 6.41. The van der Waals surface area contributed by atoms with E-state index in [4.69, 9.17) is 4.74 Å². The molecule has 2 aromatic rings. The molecule has 0 bridgehead atoms. The van der Waals surface area contributed by atoms with Crippen LogP contribution in [0, 0.1) is 6.92 Å². The van der Waals surface area contributed by atoms with E-state index >= 15 is 0 Å². The number of amides is 2. The molecule has 0 unspecified atom stereocenters. The van der Waals surface area contributed by atoms with E-state index in [1.165, 1.54) is 0 Å². The normalized spacial score (nSPS) is 11.5. The lowest BCUT2D eigenvalue weighted by atomic mass is 10.1. The summed E-state index contributed by atoms with van der Waals surface area (Å²) in [7, 11) is 0.